The highest BCUT2D eigenvalue weighted by atomic mass is 16.5. The van der Waals surface area contributed by atoms with Gasteiger partial charge in [-0.1, -0.05) is 24.6 Å². The highest BCUT2D eigenvalue weighted by Crippen LogP contribution is 2.14. The number of hydrogen-bond donors (Lipinski definition) is 1. The van der Waals surface area contributed by atoms with Crippen LogP contribution in [0.1, 0.15) is 18.9 Å². The maximum absolute atomic E-state index is 5.80. The summed E-state index contributed by atoms with van der Waals surface area (Å²) in [5, 5.41) is 3.13. The van der Waals surface area contributed by atoms with Gasteiger partial charge in [-0.3, -0.25) is 0 Å². The van der Waals surface area contributed by atoms with Crippen LogP contribution in [0.15, 0.2) is 24.3 Å². The first kappa shape index (κ1) is 11.1. The average molecular weight is 193 g/mol. The maximum Gasteiger partial charge on any atom is 0.119 e. The van der Waals surface area contributed by atoms with E-state index in [0.29, 0.717) is 0 Å². The zero-order valence-corrected chi connectivity index (χ0v) is 9.21. The van der Waals surface area contributed by atoms with Crippen LogP contribution in [0.3, 0.4) is 0 Å². The summed E-state index contributed by atoms with van der Waals surface area (Å²) in [5.41, 5.74) is 1.26. The van der Waals surface area contributed by atoms with Gasteiger partial charge in [0.05, 0.1) is 0 Å². The zero-order chi connectivity index (χ0) is 10.4. The zero-order valence-electron chi connectivity index (χ0n) is 9.21. The van der Waals surface area contributed by atoms with Crippen molar-refractivity contribution in [2.24, 2.45) is 0 Å². The van der Waals surface area contributed by atoms with Gasteiger partial charge in [0.15, 0.2) is 0 Å². The molecule has 0 aliphatic heterocycles. The minimum absolute atomic E-state index is 0.266. The van der Waals surface area contributed by atoms with Crippen LogP contribution in [-0.4, -0.2) is 19.7 Å². The molecule has 0 fully saturated rings. The van der Waals surface area contributed by atoms with Crippen molar-refractivity contribution in [3.8, 4) is 5.75 Å². The predicted molar refractivity (Wildman–Crippen MR) is 59.8 cm³/mol. The summed E-state index contributed by atoms with van der Waals surface area (Å²) in [5.74, 6) is 0.956. The van der Waals surface area contributed by atoms with Gasteiger partial charge in [0.25, 0.3) is 0 Å². The largest absolute Gasteiger partial charge is 0.489 e. The van der Waals surface area contributed by atoms with Gasteiger partial charge in [0, 0.05) is 6.54 Å². The van der Waals surface area contributed by atoms with E-state index in [9.17, 15) is 0 Å². The lowest BCUT2D eigenvalue weighted by atomic mass is 10.2. The Morgan fingerprint density at radius 3 is 2.43 bits per heavy atom. The Labute approximate surface area is 86.3 Å². The van der Waals surface area contributed by atoms with Gasteiger partial charge in [-0.05, 0) is 32.5 Å². The van der Waals surface area contributed by atoms with Crippen LogP contribution in [0.5, 0.6) is 5.75 Å². The van der Waals surface area contributed by atoms with E-state index in [1.807, 2.05) is 19.2 Å². The van der Waals surface area contributed by atoms with Crippen LogP contribution in [0.2, 0.25) is 0 Å². The molecule has 1 rings (SSSR count). The molecule has 0 aromatic heterocycles. The number of ether oxygens (including phenoxy) is 1. The fourth-order valence-electron chi connectivity index (χ4n) is 1.31. The Morgan fingerprint density at radius 2 is 1.93 bits per heavy atom. The number of benzene rings is 1. The lowest BCUT2D eigenvalue weighted by Gasteiger charge is -2.17. The monoisotopic (exact) mass is 193 g/mol. The first-order valence-corrected chi connectivity index (χ1v) is 5.14. The Kier molecular flexibility index (Phi) is 4.47. The Bertz CT molecular complexity index is 256. The third kappa shape index (κ3) is 3.38. The highest BCUT2D eigenvalue weighted by molar-refractivity contribution is 5.26. The second-order valence-corrected chi connectivity index (χ2v) is 3.52. The molecule has 1 N–H and O–H groups in total. The number of rotatable bonds is 5. The van der Waals surface area contributed by atoms with Gasteiger partial charge in [-0.15, -0.1) is 0 Å². The number of aryl methyl sites for hydroxylation is 1. The molecule has 2 heteroatoms. The quantitative estimate of drug-likeness (QED) is 0.775. The van der Waals surface area contributed by atoms with Crippen molar-refractivity contribution in [2.45, 2.75) is 26.4 Å². The van der Waals surface area contributed by atoms with Crippen molar-refractivity contribution in [1.29, 1.82) is 0 Å². The van der Waals surface area contributed by atoms with Gasteiger partial charge in [-0.2, -0.15) is 0 Å². The minimum atomic E-state index is 0.266. The Hall–Kier alpha value is -1.02. The van der Waals surface area contributed by atoms with Gasteiger partial charge < -0.3 is 10.1 Å². The number of hydrogen-bond acceptors (Lipinski definition) is 2. The van der Waals surface area contributed by atoms with Crippen molar-refractivity contribution in [3.63, 3.8) is 0 Å². The van der Waals surface area contributed by atoms with Crippen LogP contribution in [0.25, 0.3) is 0 Å². The molecule has 0 radical (unpaired) electrons. The molecule has 0 aliphatic carbocycles. The van der Waals surface area contributed by atoms with Crippen LogP contribution >= 0.6 is 0 Å². The van der Waals surface area contributed by atoms with Gasteiger partial charge in [0.2, 0.25) is 0 Å². The average Bonchev–Trinajstić information content (AvgIpc) is 2.20. The summed E-state index contributed by atoms with van der Waals surface area (Å²) in [6, 6.07) is 8.18. The SMILES string of the molecule is CCC(CNC)Oc1ccc(C)cc1. The van der Waals surface area contributed by atoms with E-state index in [1.165, 1.54) is 5.56 Å². The standard InChI is InChI=1S/C12H19NO/c1-4-11(9-13-3)14-12-7-5-10(2)6-8-12/h5-8,11,13H,4,9H2,1-3H3. The molecule has 1 atom stereocenters. The van der Waals surface area contributed by atoms with Crippen LogP contribution in [0, 0.1) is 6.92 Å². The predicted octanol–water partition coefficient (Wildman–Crippen LogP) is 2.37. The third-order valence-corrected chi connectivity index (χ3v) is 2.21. The molecule has 1 unspecified atom stereocenters. The minimum Gasteiger partial charge on any atom is -0.489 e. The van der Waals surface area contributed by atoms with E-state index in [1.54, 1.807) is 0 Å². The summed E-state index contributed by atoms with van der Waals surface area (Å²) in [6.07, 6.45) is 1.29. The summed E-state index contributed by atoms with van der Waals surface area (Å²) >= 11 is 0. The van der Waals surface area contributed by atoms with Crippen molar-refractivity contribution in [1.82, 2.24) is 5.32 Å². The maximum atomic E-state index is 5.80. The lowest BCUT2D eigenvalue weighted by molar-refractivity contribution is 0.196. The van der Waals surface area contributed by atoms with Crippen LogP contribution < -0.4 is 10.1 Å². The highest BCUT2D eigenvalue weighted by Gasteiger charge is 2.05. The molecular weight excluding hydrogens is 174 g/mol. The topological polar surface area (TPSA) is 21.3 Å². The first-order valence-electron chi connectivity index (χ1n) is 5.14. The second kappa shape index (κ2) is 5.66. The molecule has 0 heterocycles. The van der Waals surface area contributed by atoms with Gasteiger partial charge >= 0.3 is 0 Å². The molecule has 0 saturated carbocycles. The third-order valence-electron chi connectivity index (χ3n) is 2.21. The molecular formula is C12H19NO. The molecule has 14 heavy (non-hydrogen) atoms. The van der Waals surface area contributed by atoms with Crippen LogP contribution in [0.4, 0.5) is 0 Å². The number of likely N-dealkylation sites (N-methyl/N-ethyl adjacent to an activating group) is 1. The Balaban J connectivity index is 2.53. The molecule has 0 spiro atoms. The van der Waals surface area contributed by atoms with E-state index in [-0.39, 0.29) is 6.10 Å². The van der Waals surface area contributed by atoms with Crippen molar-refractivity contribution < 1.29 is 4.74 Å². The smallest absolute Gasteiger partial charge is 0.119 e. The van der Waals surface area contributed by atoms with Crippen molar-refractivity contribution in [3.05, 3.63) is 29.8 Å². The Morgan fingerprint density at radius 1 is 1.29 bits per heavy atom. The van der Waals surface area contributed by atoms with E-state index < -0.39 is 0 Å². The molecule has 0 aliphatic rings. The normalized spacial score (nSPS) is 12.5. The summed E-state index contributed by atoms with van der Waals surface area (Å²) < 4.78 is 5.80. The lowest BCUT2D eigenvalue weighted by Crippen LogP contribution is -2.28. The van der Waals surface area contributed by atoms with E-state index in [4.69, 9.17) is 4.74 Å². The van der Waals surface area contributed by atoms with Gasteiger partial charge in [0.1, 0.15) is 11.9 Å². The molecule has 0 saturated heterocycles. The first-order chi connectivity index (χ1) is 6.76. The summed E-state index contributed by atoms with van der Waals surface area (Å²) in [7, 11) is 1.95. The summed E-state index contributed by atoms with van der Waals surface area (Å²) in [4.78, 5) is 0. The molecule has 1 aromatic rings. The fraction of sp³-hybridized carbons (Fsp3) is 0.500. The fourth-order valence-corrected chi connectivity index (χ4v) is 1.31. The van der Waals surface area contributed by atoms with Crippen molar-refractivity contribution >= 4 is 0 Å². The van der Waals surface area contributed by atoms with Crippen molar-refractivity contribution in [2.75, 3.05) is 13.6 Å². The van der Waals surface area contributed by atoms with Crippen LogP contribution in [-0.2, 0) is 0 Å². The molecule has 2 nitrogen and oxygen atoms in total. The number of nitrogens with one attached hydrogen (secondary N) is 1. The van der Waals surface area contributed by atoms with E-state index in [2.05, 4.69) is 31.3 Å². The molecule has 1 aromatic carbocycles. The van der Waals surface area contributed by atoms with Gasteiger partial charge in [-0.25, -0.2) is 0 Å². The molecule has 0 bridgehead atoms. The molecule has 78 valence electrons. The van der Waals surface area contributed by atoms with E-state index in [0.717, 1.165) is 18.7 Å². The molecule has 0 amide bonds. The van der Waals surface area contributed by atoms with E-state index >= 15 is 0 Å². The second-order valence-electron chi connectivity index (χ2n) is 3.52. The summed E-state index contributed by atoms with van der Waals surface area (Å²) in [6.45, 7) is 5.11.